The van der Waals surface area contributed by atoms with Crippen molar-refractivity contribution in [2.75, 3.05) is 19.6 Å². The van der Waals surface area contributed by atoms with E-state index in [2.05, 4.69) is 43.0 Å². The molecule has 9 heteroatoms. The summed E-state index contributed by atoms with van der Waals surface area (Å²) in [6.45, 7) is 7.90. The molecule has 1 saturated carbocycles. The highest BCUT2D eigenvalue weighted by Gasteiger charge is 2.75. The summed E-state index contributed by atoms with van der Waals surface area (Å²) in [6.07, 6.45) is 3.15. The molecule has 248 valence electrons. The molecule has 47 heavy (non-hydrogen) atoms. The van der Waals surface area contributed by atoms with Crippen LogP contribution in [0.25, 0.3) is 0 Å². The molecule has 3 aromatic rings. The number of carbonyl (C=O) groups excluding carboxylic acids is 2. The van der Waals surface area contributed by atoms with Crippen LogP contribution in [0.3, 0.4) is 0 Å². The van der Waals surface area contributed by atoms with Crippen molar-refractivity contribution in [3.63, 3.8) is 0 Å². The molecule has 2 fully saturated rings. The number of amides is 1. The van der Waals surface area contributed by atoms with E-state index in [0.29, 0.717) is 48.0 Å². The van der Waals surface area contributed by atoms with Crippen molar-refractivity contribution < 1.29 is 24.2 Å². The number of esters is 1. The molecule has 2 heterocycles. The summed E-state index contributed by atoms with van der Waals surface area (Å²) in [7, 11) is 0. The van der Waals surface area contributed by atoms with Crippen molar-refractivity contribution in [2.24, 2.45) is 5.92 Å². The van der Waals surface area contributed by atoms with E-state index in [0.717, 1.165) is 36.2 Å². The van der Waals surface area contributed by atoms with Gasteiger partial charge < -0.3 is 19.5 Å². The van der Waals surface area contributed by atoms with E-state index in [1.807, 2.05) is 23.1 Å². The monoisotopic (exact) mass is 676 g/mol. The molecule has 7 nitrogen and oxygen atoms in total. The minimum atomic E-state index is -0.864. The van der Waals surface area contributed by atoms with Gasteiger partial charge in [0.2, 0.25) is 5.91 Å². The average Bonchev–Trinajstić information content (AvgIpc) is 3.39. The third kappa shape index (κ3) is 5.30. The maximum Gasteiger partial charge on any atom is 0.303 e. The third-order valence-electron chi connectivity index (χ3n) is 11.0. The Labute approximate surface area is 286 Å². The van der Waals surface area contributed by atoms with Crippen LogP contribution in [-0.4, -0.2) is 70.2 Å². The van der Waals surface area contributed by atoms with Crippen molar-refractivity contribution >= 4 is 35.1 Å². The summed E-state index contributed by atoms with van der Waals surface area (Å²) in [4.78, 5) is 31.9. The molecular formula is C38H42Cl2N2O5. The Morgan fingerprint density at radius 2 is 1.85 bits per heavy atom. The van der Waals surface area contributed by atoms with Crippen LogP contribution in [-0.2, 0) is 39.0 Å². The van der Waals surface area contributed by atoms with E-state index in [9.17, 15) is 14.7 Å². The predicted octanol–water partition coefficient (Wildman–Crippen LogP) is 6.76. The second kappa shape index (κ2) is 12.3. The number of aromatic hydroxyl groups is 1. The zero-order valence-electron chi connectivity index (χ0n) is 27.2. The first-order chi connectivity index (χ1) is 22.5. The van der Waals surface area contributed by atoms with E-state index in [4.69, 9.17) is 32.7 Å². The molecule has 4 aliphatic rings. The van der Waals surface area contributed by atoms with Gasteiger partial charge in [-0.2, -0.15) is 0 Å². The number of nitrogens with zero attached hydrogens (tertiary/aromatic N) is 2. The first kappa shape index (κ1) is 32.3. The molecule has 2 aliphatic carbocycles. The Kier molecular flexibility index (Phi) is 8.47. The van der Waals surface area contributed by atoms with Gasteiger partial charge in [-0.1, -0.05) is 79.5 Å². The fourth-order valence-corrected chi connectivity index (χ4v) is 9.61. The predicted molar refractivity (Wildman–Crippen MR) is 182 cm³/mol. The van der Waals surface area contributed by atoms with Gasteiger partial charge in [0.1, 0.15) is 11.7 Å². The summed E-state index contributed by atoms with van der Waals surface area (Å²) in [6, 6.07) is 19.2. The van der Waals surface area contributed by atoms with Crippen LogP contribution in [0.5, 0.6) is 11.5 Å². The van der Waals surface area contributed by atoms with E-state index >= 15 is 0 Å². The van der Waals surface area contributed by atoms with Gasteiger partial charge in [0.15, 0.2) is 11.5 Å². The first-order valence-corrected chi connectivity index (χ1v) is 17.5. The van der Waals surface area contributed by atoms with Crippen LogP contribution >= 0.6 is 23.2 Å². The first-order valence-electron chi connectivity index (χ1n) is 16.8. The highest BCUT2D eigenvalue weighted by atomic mass is 35.5. The highest BCUT2D eigenvalue weighted by Crippen LogP contribution is 2.67. The minimum absolute atomic E-state index is 0.0184. The molecule has 2 bridgehead atoms. The topological polar surface area (TPSA) is 79.3 Å². The second-order valence-corrected chi connectivity index (χ2v) is 15.0. The molecule has 7 rings (SSSR count). The number of hydrogen-bond acceptors (Lipinski definition) is 6. The molecule has 0 unspecified atom stereocenters. The molecule has 1 N–H and O–H groups in total. The summed E-state index contributed by atoms with van der Waals surface area (Å²) in [5, 5.41) is 12.1. The Morgan fingerprint density at radius 3 is 2.57 bits per heavy atom. The number of halogens is 2. The van der Waals surface area contributed by atoms with Crippen LogP contribution < -0.4 is 4.74 Å². The summed E-state index contributed by atoms with van der Waals surface area (Å²) >= 11 is 12.5. The maximum atomic E-state index is 14.3. The molecule has 2 aliphatic heterocycles. The van der Waals surface area contributed by atoms with Gasteiger partial charge in [0, 0.05) is 25.6 Å². The van der Waals surface area contributed by atoms with Crippen LogP contribution in [0.4, 0.5) is 0 Å². The van der Waals surface area contributed by atoms with Crippen molar-refractivity contribution in [3.8, 4) is 11.5 Å². The number of phenols is 1. The van der Waals surface area contributed by atoms with Crippen LogP contribution in [0, 0.1) is 5.92 Å². The van der Waals surface area contributed by atoms with Crippen LogP contribution in [0.15, 0.2) is 60.7 Å². The normalized spacial score (nSPS) is 27.2. The number of hydrogen-bond donors (Lipinski definition) is 1. The zero-order chi connectivity index (χ0) is 33.1. The number of likely N-dealkylation sites (tertiary alicyclic amines) is 1. The lowest BCUT2D eigenvalue weighted by Crippen LogP contribution is -2.79. The van der Waals surface area contributed by atoms with Gasteiger partial charge in [0.05, 0.1) is 34.0 Å². The van der Waals surface area contributed by atoms with Crippen molar-refractivity contribution in [2.45, 2.75) is 88.5 Å². The fourth-order valence-electron chi connectivity index (χ4n) is 9.28. The van der Waals surface area contributed by atoms with Gasteiger partial charge in [-0.25, -0.2) is 0 Å². The lowest BCUT2D eigenvalue weighted by Gasteiger charge is -2.65. The van der Waals surface area contributed by atoms with E-state index in [1.165, 1.54) is 12.5 Å². The molecule has 0 radical (unpaired) electrons. The Morgan fingerprint density at radius 1 is 1.06 bits per heavy atom. The number of ether oxygens (including phenoxy) is 2. The minimum Gasteiger partial charge on any atom is -0.504 e. The van der Waals surface area contributed by atoms with Gasteiger partial charge in [-0.3, -0.25) is 14.5 Å². The molecule has 1 saturated heterocycles. The molecule has 1 spiro atoms. The number of benzene rings is 3. The lowest BCUT2D eigenvalue weighted by atomic mass is 9.48. The fraction of sp³-hybridized carbons (Fsp3) is 0.474. The standard InChI is InChI=1S/C38H42Cl2N2O5/c1-23(2)22-42(33(45)20-26-9-11-28(39)29(40)19-26)30-13-15-38(47-24(3)43)32-21-27-10-12-31(44)35-34(27)37(38,36(30)46-35)16-18-41(32)17-14-25-7-5-4-6-8-25/h4-12,19,23,30,32,36,44H,13-18,20-22H2,1-3H3/t30-,32+,36-,37-,38+/m0/s1. The second-order valence-electron chi connectivity index (χ2n) is 14.2. The van der Waals surface area contributed by atoms with Crippen molar-refractivity contribution in [3.05, 3.63) is 93.0 Å². The van der Waals surface area contributed by atoms with Gasteiger partial charge >= 0.3 is 5.97 Å². The van der Waals surface area contributed by atoms with E-state index in [-0.39, 0.29) is 42.0 Å². The number of piperidine rings is 1. The largest absolute Gasteiger partial charge is 0.504 e. The van der Waals surface area contributed by atoms with Crippen molar-refractivity contribution in [1.29, 1.82) is 0 Å². The van der Waals surface area contributed by atoms with Gasteiger partial charge in [-0.15, -0.1) is 0 Å². The number of carbonyl (C=O) groups is 2. The Balaban J connectivity index is 1.30. The summed E-state index contributed by atoms with van der Waals surface area (Å²) < 4.78 is 13.5. The third-order valence-corrected chi connectivity index (χ3v) is 11.7. The molecule has 0 aromatic heterocycles. The number of rotatable bonds is 9. The van der Waals surface area contributed by atoms with Crippen LogP contribution in [0.2, 0.25) is 10.0 Å². The SMILES string of the molecule is CC(=O)O[C@@]12CC[C@H](N(CC(C)C)C(=O)Cc3ccc(Cl)c(Cl)c3)[C@@H]3Oc4c(O)ccc5c4[C@@]31CCN(CCc1ccccc1)[C@@H]2C5. The molecule has 3 aromatic carbocycles. The maximum absolute atomic E-state index is 14.3. The van der Waals surface area contributed by atoms with Crippen molar-refractivity contribution in [1.82, 2.24) is 9.80 Å². The lowest BCUT2D eigenvalue weighted by molar-refractivity contribution is -0.224. The van der Waals surface area contributed by atoms with E-state index in [1.54, 1.807) is 18.2 Å². The average molecular weight is 678 g/mol. The number of phenolic OH excluding ortho intramolecular Hbond substituents is 1. The zero-order valence-corrected chi connectivity index (χ0v) is 28.7. The quantitative estimate of drug-likeness (QED) is 0.252. The van der Waals surface area contributed by atoms with Gasteiger partial charge in [0.25, 0.3) is 0 Å². The smallest absolute Gasteiger partial charge is 0.303 e. The van der Waals surface area contributed by atoms with Gasteiger partial charge in [-0.05, 0) is 79.5 Å². The molecule has 1 amide bonds. The Bertz CT molecular complexity index is 1700. The van der Waals surface area contributed by atoms with Crippen LogP contribution in [0.1, 0.15) is 62.3 Å². The van der Waals surface area contributed by atoms with E-state index < -0.39 is 17.1 Å². The summed E-state index contributed by atoms with van der Waals surface area (Å²) in [5.74, 6) is 0.439. The Hall–Kier alpha value is -3.26. The summed E-state index contributed by atoms with van der Waals surface area (Å²) in [5.41, 5.74) is 2.58. The molecular weight excluding hydrogens is 635 g/mol. The highest BCUT2D eigenvalue weighted by molar-refractivity contribution is 6.42. The molecule has 5 atom stereocenters.